The number of ether oxygens (including phenoxy) is 1. The Morgan fingerprint density at radius 2 is 1.71 bits per heavy atom. The Bertz CT molecular complexity index is 420. The van der Waals surface area contributed by atoms with E-state index in [4.69, 9.17) is 9.15 Å². The van der Waals surface area contributed by atoms with Crippen LogP contribution in [0.5, 0.6) is 0 Å². The molecule has 0 aliphatic carbocycles. The Balaban J connectivity index is 1.92. The van der Waals surface area contributed by atoms with Crippen molar-refractivity contribution >= 4 is 5.97 Å². The molecule has 2 rings (SSSR count). The molecular weight excluding hydrogens is 264 g/mol. The zero-order chi connectivity index (χ0) is 14.8. The largest absolute Gasteiger partial charge is 0.465 e. The predicted molar refractivity (Wildman–Crippen MR) is 82.9 cm³/mol. The molecule has 0 amide bonds. The first-order valence-corrected chi connectivity index (χ1v) is 8.24. The standard InChI is InChI=1S/C18H26O3/c19-18-14-10-8-6-4-2-1-3-5-7-9-12-17(21-18)16-13-11-15-20-16/h5,7,11,13,15,17H,1-4,6,8-10,12,14H2/b7-5+. The van der Waals surface area contributed by atoms with Crippen LogP contribution in [0.1, 0.15) is 76.1 Å². The van der Waals surface area contributed by atoms with Crippen LogP contribution in [0.3, 0.4) is 0 Å². The number of esters is 1. The topological polar surface area (TPSA) is 39.4 Å². The van der Waals surface area contributed by atoms with Gasteiger partial charge in [0.2, 0.25) is 0 Å². The van der Waals surface area contributed by atoms with Crippen LogP contribution in [-0.4, -0.2) is 5.97 Å². The van der Waals surface area contributed by atoms with Crippen molar-refractivity contribution in [1.29, 1.82) is 0 Å². The maximum atomic E-state index is 11.9. The van der Waals surface area contributed by atoms with E-state index in [0.717, 1.165) is 37.9 Å². The Labute approximate surface area is 127 Å². The Morgan fingerprint density at radius 3 is 2.52 bits per heavy atom. The molecule has 1 atom stereocenters. The van der Waals surface area contributed by atoms with Crippen molar-refractivity contribution in [2.45, 2.75) is 70.3 Å². The lowest BCUT2D eigenvalue weighted by Crippen LogP contribution is -2.10. The van der Waals surface area contributed by atoms with E-state index in [-0.39, 0.29) is 12.1 Å². The highest BCUT2D eigenvalue weighted by molar-refractivity contribution is 5.69. The van der Waals surface area contributed by atoms with E-state index in [2.05, 4.69) is 12.2 Å². The van der Waals surface area contributed by atoms with Crippen LogP contribution in [0, 0.1) is 0 Å². The Kier molecular flexibility index (Phi) is 7.13. The van der Waals surface area contributed by atoms with Crippen LogP contribution in [0.2, 0.25) is 0 Å². The summed E-state index contributed by atoms with van der Waals surface area (Å²) in [6, 6.07) is 3.73. The van der Waals surface area contributed by atoms with Gasteiger partial charge in [-0.2, -0.15) is 0 Å². The molecule has 1 aliphatic heterocycles. The SMILES string of the molecule is O=C1CCCCCCCC/C=C/CCC(c2ccco2)O1. The van der Waals surface area contributed by atoms with E-state index in [1.54, 1.807) is 6.26 Å². The number of carbonyl (C=O) groups is 1. The second-order valence-corrected chi connectivity index (χ2v) is 5.70. The molecule has 0 saturated carbocycles. The van der Waals surface area contributed by atoms with Crippen LogP contribution >= 0.6 is 0 Å². The minimum absolute atomic E-state index is 0.102. The molecule has 3 heteroatoms. The van der Waals surface area contributed by atoms with Crippen molar-refractivity contribution in [3.63, 3.8) is 0 Å². The van der Waals surface area contributed by atoms with Gasteiger partial charge in [0.05, 0.1) is 6.26 Å². The highest BCUT2D eigenvalue weighted by Crippen LogP contribution is 2.25. The molecule has 1 aromatic rings. The smallest absolute Gasteiger partial charge is 0.306 e. The van der Waals surface area contributed by atoms with Crippen molar-refractivity contribution in [2.24, 2.45) is 0 Å². The molecule has 116 valence electrons. The summed E-state index contributed by atoms with van der Waals surface area (Å²) >= 11 is 0. The van der Waals surface area contributed by atoms with Gasteiger partial charge in [-0.15, -0.1) is 0 Å². The third kappa shape index (κ3) is 6.19. The molecule has 3 nitrogen and oxygen atoms in total. The zero-order valence-corrected chi connectivity index (χ0v) is 12.8. The van der Waals surface area contributed by atoms with Crippen LogP contribution in [0.15, 0.2) is 35.0 Å². The highest BCUT2D eigenvalue weighted by Gasteiger charge is 2.18. The summed E-state index contributed by atoms with van der Waals surface area (Å²) < 4.78 is 11.0. The highest BCUT2D eigenvalue weighted by atomic mass is 16.6. The third-order valence-electron chi connectivity index (χ3n) is 3.90. The van der Waals surface area contributed by atoms with Crippen LogP contribution in [0.25, 0.3) is 0 Å². The molecular formula is C18H26O3. The molecule has 0 radical (unpaired) electrons. The molecule has 1 unspecified atom stereocenters. The van der Waals surface area contributed by atoms with E-state index in [1.165, 1.54) is 25.7 Å². The van der Waals surface area contributed by atoms with Crippen LogP contribution in [-0.2, 0) is 9.53 Å². The summed E-state index contributed by atoms with van der Waals surface area (Å²) in [5, 5.41) is 0. The third-order valence-corrected chi connectivity index (χ3v) is 3.90. The summed E-state index contributed by atoms with van der Waals surface area (Å²) in [7, 11) is 0. The van der Waals surface area contributed by atoms with Crippen molar-refractivity contribution in [3.05, 3.63) is 36.3 Å². The minimum Gasteiger partial charge on any atom is -0.465 e. The molecule has 0 saturated heterocycles. The first-order chi connectivity index (χ1) is 10.4. The molecule has 0 spiro atoms. The van der Waals surface area contributed by atoms with Crippen molar-refractivity contribution < 1.29 is 13.9 Å². The van der Waals surface area contributed by atoms with Gasteiger partial charge in [-0.25, -0.2) is 0 Å². The summed E-state index contributed by atoms with van der Waals surface area (Å²) in [5.74, 6) is 0.649. The maximum Gasteiger partial charge on any atom is 0.306 e. The summed E-state index contributed by atoms with van der Waals surface area (Å²) in [5.41, 5.74) is 0. The number of carbonyl (C=O) groups excluding carboxylic acids is 1. The van der Waals surface area contributed by atoms with Crippen molar-refractivity contribution in [2.75, 3.05) is 0 Å². The van der Waals surface area contributed by atoms with Gasteiger partial charge in [0.15, 0.2) is 6.10 Å². The van der Waals surface area contributed by atoms with Crippen molar-refractivity contribution in [1.82, 2.24) is 0 Å². The monoisotopic (exact) mass is 290 g/mol. The number of cyclic esters (lactones) is 1. The Morgan fingerprint density at radius 1 is 0.952 bits per heavy atom. The van der Waals surface area contributed by atoms with Gasteiger partial charge >= 0.3 is 5.97 Å². The van der Waals surface area contributed by atoms with E-state index >= 15 is 0 Å². The summed E-state index contributed by atoms with van der Waals surface area (Å²) in [6.45, 7) is 0. The fourth-order valence-electron chi connectivity index (χ4n) is 2.67. The van der Waals surface area contributed by atoms with Gasteiger partial charge < -0.3 is 9.15 Å². The molecule has 0 aromatic carbocycles. The van der Waals surface area contributed by atoms with E-state index in [0.29, 0.717) is 6.42 Å². The Hall–Kier alpha value is -1.51. The molecule has 21 heavy (non-hydrogen) atoms. The van der Waals surface area contributed by atoms with E-state index < -0.39 is 0 Å². The van der Waals surface area contributed by atoms with Gasteiger partial charge in [0, 0.05) is 6.42 Å². The molecule has 1 aromatic heterocycles. The first kappa shape index (κ1) is 15.9. The van der Waals surface area contributed by atoms with Crippen molar-refractivity contribution in [3.8, 4) is 0 Å². The normalized spacial score (nSPS) is 24.6. The van der Waals surface area contributed by atoms with Gasteiger partial charge in [0.25, 0.3) is 0 Å². The maximum absolute atomic E-state index is 11.9. The summed E-state index contributed by atoms with van der Waals surface area (Å²) in [6.07, 6.45) is 16.3. The number of hydrogen-bond acceptors (Lipinski definition) is 3. The lowest BCUT2D eigenvalue weighted by Gasteiger charge is -2.15. The molecule has 2 heterocycles. The lowest BCUT2D eigenvalue weighted by molar-refractivity contribution is -0.150. The number of hydrogen-bond donors (Lipinski definition) is 0. The fourth-order valence-corrected chi connectivity index (χ4v) is 2.67. The molecule has 0 fully saturated rings. The average Bonchev–Trinajstić information content (AvgIpc) is 3.00. The molecule has 0 bridgehead atoms. The predicted octanol–water partition coefficient (Wildman–Crippen LogP) is 5.33. The summed E-state index contributed by atoms with van der Waals surface area (Å²) in [4.78, 5) is 11.9. The zero-order valence-electron chi connectivity index (χ0n) is 12.8. The number of furan rings is 1. The number of allylic oxidation sites excluding steroid dienone is 2. The van der Waals surface area contributed by atoms with E-state index in [9.17, 15) is 4.79 Å². The first-order valence-electron chi connectivity index (χ1n) is 8.24. The average molecular weight is 290 g/mol. The quantitative estimate of drug-likeness (QED) is 0.518. The van der Waals surface area contributed by atoms with Gasteiger partial charge in [-0.3, -0.25) is 4.79 Å². The molecule has 0 N–H and O–H groups in total. The van der Waals surface area contributed by atoms with Gasteiger partial charge in [-0.05, 0) is 44.2 Å². The minimum atomic E-state index is -0.248. The van der Waals surface area contributed by atoms with Gasteiger partial charge in [0.1, 0.15) is 5.76 Å². The van der Waals surface area contributed by atoms with Gasteiger partial charge in [-0.1, -0.05) is 37.8 Å². The second-order valence-electron chi connectivity index (χ2n) is 5.70. The molecule has 1 aliphatic rings. The lowest BCUT2D eigenvalue weighted by atomic mass is 10.1. The number of rotatable bonds is 1. The second kappa shape index (κ2) is 9.43. The fraction of sp³-hybridized carbons (Fsp3) is 0.611. The van der Waals surface area contributed by atoms with Crippen LogP contribution in [0.4, 0.5) is 0 Å². The van der Waals surface area contributed by atoms with E-state index in [1.807, 2.05) is 12.1 Å². The van der Waals surface area contributed by atoms with Crippen LogP contribution < -0.4 is 0 Å².